The molecule has 1 aliphatic heterocycles. The molecule has 0 aromatic heterocycles. The van der Waals surface area contributed by atoms with E-state index in [2.05, 4.69) is 11.9 Å². The summed E-state index contributed by atoms with van der Waals surface area (Å²) in [4.78, 5) is 4.23. The SMILES string of the molecule is CCCCCCCCC1N=CC=CO1. The van der Waals surface area contributed by atoms with E-state index in [4.69, 9.17) is 4.74 Å². The van der Waals surface area contributed by atoms with E-state index >= 15 is 0 Å². The minimum atomic E-state index is 0.0891. The van der Waals surface area contributed by atoms with E-state index in [1.54, 1.807) is 6.26 Å². The average Bonchev–Trinajstić information content (AvgIpc) is 2.25. The Bertz CT molecular complexity index is 187. The molecule has 0 saturated carbocycles. The lowest BCUT2D eigenvalue weighted by molar-refractivity contribution is 0.138. The van der Waals surface area contributed by atoms with Gasteiger partial charge in [0, 0.05) is 12.6 Å². The van der Waals surface area contributed by atoms with Crippen LogP contribution in [0.15, 0.2) is 17.3 Å². The number of hydrogen-bond acceptors (Lipinski definition) is 2. The molecule has 2 nitrogen and oxygen atoms in total. The summed E-state index contributed by atoms with van der Waals surface area (Å²) in [5, 5.41) is 0. The Morgan fingerprint density at radius 1 is 1.14 bits per heavy atom. The maximum absolute atomic E-state index is 5.33. The highest BCUT2D eigenvalue weighted by atomic mass is 16.5. The number of aliphatic imine (C=N–C) groups is 1. The van der Waals surface area contributed by atoms with Crippen LogP contribution in [0.4, 0.5) is 0 Å². The third-order valence-electron chi connectivity index (χ3n) is 2.46. The van der Waals surface area contributed by atoms with Crippen molar-refractivity contribution in [3.05, 3.63) is 12.3 Å². The van der Waals surface area contributed by atoms with Crippen LogP contribution >= 0.6 is 0 Å². The van der Waals surface area contributed by atoms with Crippen LogP contribution in [0.2, 0.25) is 0 Å². The third-order valence-corrected chi connectivity index (χ3v) is 2.46. The van der Waals surface area contributed by atoms with Gasteiger partial charge < -0.3 is 4.74 Å². The molecule has 80 valence electrons. The summed E-state index contributed by atoms with van der Waals surface area (Å²) >= 11 is 0. The zero-order chi connectivity index (χ0) is 10.1. The fraction of sp³-hybridized carbons (Fsp3) is 0.750. The summed E-state index contributed by atoms with van der Waals surface area (Å²) in [7, 11) is 0. The highest BCUT2D eigenvalue weighted by Crippen LogP contribution is 2.12. The van der Waals surface area contributed by atoms with Gasteiger partial charge in [-0.2, -0.15) is 0 Å². The topological polar surface area (TPSA) is 21.6 Å². The van der Waals surface area contributed by atoms with Crippen LogP contribution in [0.25, 0.3) is 0 Å². The lowest BCUT2D eigenvalue weighted by Crippen LogP contribution is -2.08. The molecule has 0 aliphatic carbocycles. The van der Waals surface area contributed by atoms with E-state index in [0.29, 0.717) is 0 Å². The highest BCUT2D eigenvalue weighted by molar-refractivity contribution is 5.71. The van der Waals surface area contributed by atoms with Crippen molar-refractivity contribution >= 4 is 6.21 Å². The molecular formula is C12H21NO. The molecule has 14 heavy (non-hydrogen) atoms. The van der Waals surface area contributed by atoms with Crippen LogP contribution in [0.3, 0.4) is 0 Å². The van der Waals surface area contributed by atoms with Gasteiger partial charge in [0.2, 0.25) is 0 Å². The Morgan fingerprint density at radius 3 is 2.64 bits per heavy atom. The first-order chi connectivity index (χ1) is 6.93. The van der Waals surface area contributed by atoms with E-state index in [0.717, 1.165) is 6.42 Å². The molecule has 0 spiro atoms. The molecule has 1 atom stereocenters. The normalized spacial score (nSPS) is 19.6. The first-order valence-electron chi connectivity index (χ1n) is 5.77. The summed E-state index contributed by atoms with van der Waals surface area (Å²) in [5.74, 6) is 0. The van der Waals surface area contributed by atoms with E-state index in [1.807, 2.05) is 12.3 Å². The molecule has 0 saturated heterocycles. The molecule has 1 heterocycles. The molecule has 0 amide bonds. The van der Waals surface area contributed by atoms with Crippen LogP contribution < -0.4 is 0 Å². The van der Waals surface area contributed by atoms with Gasteiger partial charge in [-0.1, -0.05) is 39.0 Å². The number of allylic oxidation sites excluding steroid dienone is 1. The average molecular weight is 195 g/mol. The second kappa shape index (κ2) is 7.60. The summed E-state index contributed by atoms with van der Waals surface area (Å²) in [6.45, 7) is 2.25. The smallest absolute Gasteiger partial charge is 0.188 e. The van der Waals surface area contributed by atoms with Crippen molar-refractivity contribution in [3.63, 3.8) is 0 Å². The van der Waals surface area contributed by atoms with E-state index < -0.39 is 0 Å². The van der Waals surface area contributed by atoms with Gasteiger partial charge in [-0.3, -0.25) is 4.99 Å². The first kappa shape index (κ1) is 11.3. The summed E-state index contributed by atoms with van der Waals surface area (Å²) in [6.07, 6.45) is 14.5. The monoisotopic (exact) mass is 195 g/mol. The van der Waals surface area contributed by atoms with Gasteiger partial charge in [-0.15, -0.1) is 0 Å². The summed E-state index contributed by atoms with van der Waals surface area (Å²) in [6, 6.07) is 0. The van der Waals surface area contributed by atoms with Gasteiger partial charge in [0.25, 0.3) is 0 Å². The molecule has 0 aromatic carbocycles. The van der Waals surface area contributed by atoms with Crippen molar-refractivity contribution in [1.29, 1.82) is 0 Å². The van der Waals surface area contributed by atoms with Crippen molar-refractivity contribution in [1.82, 2.24) is 0 Å². The minimum absolute atomic E-state index is 0.0891. The van der Waals surface area contributed by atoms with Crippen LogP contribution in [0, 0.1) is 0 Å². The first-order valence-corrected chi connectivity index (χ1v) is 5.77. The predicted molar refractivity (Wildman–Crippen MR) is 60.5 cm³/mol. The molecule has 0 radical (unpaired) electrons. The van der Waals surface area contributed by atoms with Crippen LogP contribution in [-0.2, 0) is 4.74 Å². The van der Waals surface area contributed by atoms with E-state index in [-0.39, 0.29) is 6.23 Å². The molecule has 0 N–H and O–H groups in total. The standard InChI is InChI=1S/C12H21NO/c1-2-3-4-5-6-7-9-12-13-10-8-11-14-12/h8,10-12H,2-7,9H2,1H3. The molecule has 2 heteroatoms. The second-order valence-electron chi connectivity index (χ2n) is 3.77. The summed E-state index contributed by atoms with van der Waals surface area (Å²) in [5.41, 5.74) is 0. The number of nitrogens with zero attached hydrogens (tertiary/aromatic N) is 1. The van der Waals surface area contributed by atoms with Gasteiger partial charge in [-0.05, 0) is 12.5 Å². The van der Waals surface area contributed by atoms with E-state index in [9.17, 15) is 0 Å². The third kappa shape index (κ3) is 5.05. The number of hydrogen-bond donors (Lipinski definition) is 0. The van der Waals surface area contributed by atoms with Crippen molar-refractivity contribution < 1.29 is 4.74 Å². The number of unbranched alkanes of at least 4 members (excludes halogenated alkanes) is 5. The zero-order valence-electron chi connectivity index (χ0n) is 9.11. The van der Waals surface area contributed by atoms with Crippen LogP contribution in [0.1, 0.15) is 51.9 Å². The molecule has 1 rings (SSSR count). The van der Waals surface area contributed by atoms with Crippen molar-refractivity contribution in [2.24, 2.45) is 4.99 Å². The molecule has 1 unspecified atom stereocenters. The maximum Gasteiger partial charge on any atom is 0.188 e. The fourth-order valence-corrected chi connectivity index (χ4v) is 1.59. The predicted octanol–water partition coefficient (Wildman–Crippen LogP) is 3.68. The van der Waals surface area contributed by atoms with E-state index in [1.165, 1.54) is 38.5 Å². The number of rotatable bonds is 7. The van der Waals surface area contributed by atoms with Crippen LogP contribution in [0.5, 0.6) is 0 Å². The van der Waals surface area contributed by atoms with Gasteiger partial charge in [-0.25, -0.2) is 0 Å². The highest BCUT2D eigenvalue weighted by Gasteiger charge is 2.05. The quantitative estimate of drug-likeness (QED) is 0.568. The van der Waals surface area contributed by atoms with Crippen LogP contribution in [-0.4, -0.2) is 12.4 Å². The Morgan fingerprint density at radius 2 is 1.93 bits per heavy atom. The van der Waals surface area contributed by atoms with Gasteiger partial charge in [0.05, 0.1) is 6.26 Å². The summed E-state index contributed by atoms with van der Waals surface area (Å²) < 4.78 is 5.33. The lowest BCUT2D eigenvalue weighted by Gasteiger charge is -2.13. The Balaban J connectivity index is 1.88. The van der Waals surface area contributed by atoms with Crippen molar-refractivity contribution in [2.45, 2.75) is 58.1 Å². The zero-order valence-corrected chi connectivity index (χ0v) is 9.11. The Labute approximate surface area is 87.1 Å². The lowest BCUT2D eigenvalue weighted by atomic mass is 10.1. The van der Waals surface area contributed by atoms with Gasteiger partial charge in [0.15, 0.2) is 6.23 Å². The number of ether oxygens (including phenoxy) is 1. The largest absolute Gasteiger partial charge is 0.476 e. The Kier molecular flexibility index (Phi) is 6.13. The minimum Gasteiger partial charge on any atom is -0.476 e. The molecule has 0 bridgehead atoms. The Hall–Kier alpha value is -0.790. The second-order valence-corrected chi connectivity index (χ2v) is 3.77. The maximum atomic E-state index is 5.33. The van der Waals surface area contributed by atoms with Crippen molar-refractivity contribution in [2.75, 3.05) is 0 Å². The molecule has 0 aromatic rings. The fourth-order valence-electron chi connectivity index (χ4n) is 1.59. The molecular weight excluding hydrogens is 174 g/mol. The van der Waals surface area contributed by atoms with Gasteiger partial charge in [0.1, 0.15) is 0 Å². The van der Waals surface area contributed by atoms with Gasteiger partial charge >= 0.3 is 0 Å². The molecule has 0 fully saturated rings. The van der Waals surface area contributed by atoms with Crippen molar-refractivity contribution in [3.8, 4) is 0 Å². The molecule has 1 aliphatic rings.